The molecule has 22 heavy (non-hydrogen) atoms. The topological polar surface area (TPSA) is 55.6 Å². The Bertz CT molecular complexity index is 496. The number of methoxy groups -OCH3 is 1. The van der Waals surface area contributed by atoms with Gasteiger partial charge in [0.2, 0.25) is 5.91 Å². The molecule has 4 nitrogen and oxygen atoms in total. The summed E-state index contributed by atoms with van der Waals surface area (Å²) >= 11 is 0. The molecule has 2 N–H and O–H groups in total. The number of rotatable bonds is 3. The second-order valence-electron chi connectivity index (χ2n) is 6.89. The molecule has 2 atom stereocenters. The van der Waals surface area contributed by atoms with E-state index in [1.54, 1.807) is 7.11 Å². The first-order chi connectivity index (χ1) is 9.82. The quantitative estimate of drug-likeness (QED) is 0.929. The third-order valence-electron chi connectivity index (χ3n) is 4.29. The largest absolute Gasteiger partial charge is 0.497 e. The molecular formula is C17H27ClN2O2. The third kappa shape index (κ3) is 4.14. The summed E-state index contributed by atoms with van der Waals surface area (Å²) in [4.78, 5) is 14.4. The second kappa shape index (κ2) is 7.34. The summed E-state index contributed by atoms with van der Waals surface area (Å²) in [7, 11) is 1.67. The highest BCUT2D eigenvalue weighted by Gasteiger charge is 2.35. The van der Waals surface area contributed by atoms with Crippen molar-refractivity contribution in [3.8, 4) is 5.75 Å². The van der Waals surface area contributed by atoms with Crippen LogP contribution in [0, 0.1) is 5.41 Å². The minimum Gasteiger partial charge on any atom is -0.497 e. The summed E-state index contributed by atoms with van der Waals surface area (Å²) in [5.74, 6) is 1.32. The van der Waals surface area contributed by atoms with Crippen molar-refractivity contribution in [3.05, 3.63) is 29.8 Å². The molecule has 1 unspecified atom stereocenters. The molecule has 1 heterocycles. The Morgan fingerprint density at radius 3 is 2.41 bits per heavy atom. The fraction of sp³-hybridized carbons (Fsp3) is 0.588. The number of nitrogens with zero attached hydrogens (tertiary/aromatic N) is 1. The summed E-state index contributed by atoms with van der Waals surface area (Å²) < 4.78 is 5.18. The summed E-state index contributed by atoms with van der Waals surface area (Å²) in [6.07, 6.45) is 0.995. The van der Waals surface area contributed by atoms with Crippen LogP contribution in [0.25, 0.3) is 0 Å². The van der Waals surface area contributed by atoms with E-state index in [1.807, 2.05) is 37.8 Å². The van der Waals surface area contributed by atoms with E-state index < -0.39 is 6.04 Å². The highest BCUT2D eigenvalue weighted by Crippen LogP contribution is 2.30. The normalized spacial score (nSPS) is 19.5. The zero-order valence-electron chi connectivity index (χ0n) is 13.8. The number of nitrogens with two attached hydrogens (primary N) is 1. The first-order valence-electron chi connectivity index (χ1n) is 7.51. The number of carbonyl (C=O) groups is 1. The van der Waals surface area contributed by atoms with Crippen LogP contribution in [0.4, 0.5) is 0 Å². The van der Waals surface area contributed by atoms with Gasteiger partial charge in [-0.1, -0.05) is 32.9 Å². The van der Waals surface area contributed by atoms with E-state index in [0.717, 1.165) is 25.3 Å². The first-order valence-corrected chi connectivity index (χ1v) is 7.51. The minimum atomic E-state index is -0.438. The Kier molecular flexibility index (Phi) is 6.27. The molecule has 1 saturated heterocycles. The summed E-state index contributed by atoms with van der Waals surface area (Å²) in [5.41, 5.74) is 7.15. The van der Waals surface area contributed by atoms with Crippen molar-refractivity contribution in [1.82, 2.24) is 4.90 Å². The lowest BCUT2D eigenvalue weighted by Gasteiger charge is -2.30. The molecule has 2 rings (SSSR count). The lowest BCUT2D eigenvalue weighted by Crippen LogP contribution is -2.49. The van der Waals surface area contributed by atoms with Crippen LogP contribution in [0.2, 0.25) is 0 Å². The van der Waals surface area contributed by atoms with Crippen LogP contribution in [0.1, 0.15) is 38.7 Å². The summed E-state index contributed by atoms with van der Waals surface area (Å²) in [6, 6.07) is 7.68. The van der Waals surface area contributed by atoms with E-state index in [2.05, 4.69) is 12.1 Å². The van der Waals surface area contributed by atoms with Crippen molar-refractivity contribution in [2.75, 3.05) is 20.2 Å². The van der Waals surface area contributed by atoms with Gasteiger partial charge in [-0.3, -0.25) is 4.79 Å². The number of amides is 1. The maximum absolute atomic E-state index is 12.5. The van der Waals surface area contributed by atoms with Gasteiger partial charge in [0.1, 0.15) is 5.75 Å². The molecule has 0 saturated carbocycles. The van der Waals surface area contributed by atoms with Gasteiger partial charge in [-0.05, 0) is 29.5 Å². The van der Waals surface area contributed by atoms with Crippen molar-refractivity contribution in [2.45, 2.75) is 39.2 Å². The van der Waals surface area contributed by atoms with Crippen LogP contribution in [0.3, 0.4) is 0 Å². The zero-order valence-corrected chi connectivity index (χ0v) is 14.7. The number of likely N-dealkylation sites (tertiary alicyclic amines) is 1. The monoisotopic (exact) mass is 326 g/mol. The molecule has 1 fully saturated rings. The number of hydrogen-bond acceptors (Lipinski definition) is 3. The molecule has 1 aliphatic rings. The lowest BCUT2D eigenvalue weighted by atomic mass is 9.86. The molecule has 1 amide bonds. The zero-order chi connectivity index (χ0) is 15.6. The van der Waals surface area contributed by atoms with Gasteiger partial charge in [0.15, 0.2) is 0 Å². The van der Waals surface area contributed by atoms with Gasteiger partial charge in [0.25, 0.3) is 0 Å². The third-order valence-corrected chi connectivity index (χ3v) is 4.29. The van der Waals surface area contributed by atoms with E-state index in [-0.39, 0.29) is 23.7 Å². The predicted molar refractivity (Wildman–Crippen MR) is 91.6 cm³/mol. The number of ether oxygens (including phenoxy) is 1. The number of halogens is 1. The molecule has 0 spiro atoms. The van der Waals surface area contributed by atoms with Crippen molar-refractivity contribution in [3.63, 3.8) is 0 Å². The van der Waals surface area contributed by atoms with Crippen molar-refractivity contribution in [2.24, 2.45) is 11.1 Å². The Labute approximate surface area is 139 Å². The van der Waals surface area contributed by atoms with Crippen molar-refractivity contribution >= 4 is 18.3 Å². The molecule has 0 aromatic heterocycles. The van der Waals surface area contributed by atoms with Gasteiger partial charge < -0.3 is 15.4 Å². The number of hydrogen-bond donors (Lipinski definition) is 1. The first kappa shape index (κ1) is 18.8. The van der Waals surface area contributed by atoms with Crippen LogP contribution in [0.15, 0.2) is 24.3 Å². The van der Waals surface area contributed by atoms with E-state index >= 15 is 0 Å². The molecule has 1 aliphatic heterocycles. The standard InChI is InChI=1S/C17H26N2O2.ClH/c1-17(2,3)15(18)16(20)19-10-9-13(11-19)12-5-7-14(21-4)8-6-12;/h5-8,13,15H,9-11,18H2,1-4H3;1H/t13?,15-;/m1./s1. The fourth-order valence-corrected chi connectivity index (χ4v) is 2.68. The van der Waals surface area contributed by atoms with E-state index in [0.29, 0.717) is 5.92 Å². The van der Waals surface area contributed by atoms with Crippen molar-refractivity contribution < 1.29 is 9.53 Å². The Balaban J connectivity index is 0.00000242. The van der Waals surface area contributed by atoms with Gasteiger partial charge in [-0.15, -0.1) is 12.4 Å². The van der Waals surface area contributed by atoms with Crippen molar-refractivity contribution in [1.29, 1.82) is 0 Å². The van der Waals surface area contributed by atoms with E-state index in [4.69, 9.17) is 10.5 Å². The van der Waals surface area contributed by atoms with E-state index in [9.17, 15) is 4.79 Å². The van der Waals surface area contributed by atoms with Gasteiger partial charge in [0, 0.05) is 19.0 Å². The maximum atomic E-state index is 12.5. The average molecular weight is 327 g/mol. The Morgan fingerprint density at radius 2 is 1.91 bits per heavy atom. The Hall–Kier alpha value is -1.26. The van der Waals surface area contributed by atoms with Gasteiger partial charge >= 0.3 is 0 Å². The van der Waals surface area contributed by atoms with Gasteiger partial charge in [-0.2, -0.15) is 0 Å². The van der Waals surface area contributed by atoms with Crippen LogP contribution >= 0.6 is 12.4 Å². The summed E-state index contributed by atoms with van der Waals surface area (Å²) in [5, 5.41) is 0. The molecule has 1 aromatic rings. The maximum Gasteiger partial charge on any atom is 0.240 e. The minimum absolute atomic E-state index is 0. The predicted octanol–water partition coefficient (Wildman–Crippen LogP) is 2.81. The smallest absolute Gasteiger partial charge is 0.240 e. The van der Waals surface area contributed by atoms with Gasteiger partial charge in [-0.25, -0.2) is 0 Å². The Morgan fingerprint density at radius 1 is 1.32 bits per heavy atom. The number of carbonyl (C=O) groups excluding carboxylic acids is 1. The van der Waals surface area contributed by atoms with Crippen LogP contribution in [-0.2, 0) is 4.79 Å². The highest BCUT2D eigenvalue weighted by molar-refractivity contribution is 5.85. The molecule has 0 bridgehead atoms. The summed E-state index contributed by atoms with van der Waals surface area (Å²) in [6.45, 7) is 7.57. The molecule has 0 aliphatic carbocycles. The fourth-order valence-electron chi connectivity index (χ4n) is 2.68. The molecule has 1 aromatic carbocycles. The second-order valence-corrected chi connectivity index (χ2v) is 6.89. The van der Waals surface area contributed by atoms with E-state index in [1.165, 1.54) is 5.56 Å². The van der Waals surface area contributed by atoms with Gasteiger partial charge in [0.05, 0.1) is 13.2 Å². The van der Waals surface area contributed by atoms with Crippen LogP contribution < -0.4 is 10.5 Å². The lowest BCUT2D eigenvalue weighted by molar-refractivity contribution is -0.133. The molecule has 0 radical (unpaired) electrons. The molecule has 124 valence electrons. The van der Waals surface area contributed by atoms with Crippen LogP contribution in [-0.4, -0.2) is 37.0 Å². The number of benzene rings is 1. The molecular weight excluding hydrogens is 300 g/mol. The molecule has 5 heteroatoms. The SMILES string of the molecule is COc1ccc(C2CCN(C(=O)[C@@H](N)C(C)(C)C)C2)cc1.Cl. The van der Waals surface area contributed by atoms with Crippen LogP contribution in [0.5, 0.6) is 5.75 Å². The highest BCUT2D eigenvalue weighted by atomic mass is 35.5. The average Bonchev–Trinajstić information content (AvgIpc) is 2.94.